The van der Waals surface area contributed by atoms with E-state index in [0.717, 1.165) is 37.1 Å². The average molecular weight is 351 g/mol. The highest BCUT2D eigenvalue weighted by Gasteiger charge is 2.19. The summed E-state index contributed by atoms with van der Waals surface area (Å²) >= 11 is 0. The van der Waals surface area contributed by atoms with Crippen LogP contribution in [-0.4, -0.2) is 34.8 Å². The van der Waals surface area contributed by atoms with Gasteiger partial charge < -0.3 is 10.2 Å². The van der Waals surface area contributed by atoms with Crippen molar-refractivity contribution in [2.75, 3.05) is 13.1 Å². The normalized spacial score (nSPS) is 14.6. The summed E-state index contributed by atoms with van der Waals surface area (Å²) in [6.07, 6.45) is 4.39. The van der Waals surface area contributed by atoms with Crippen molar-refractivity contribution in [2.24, 2.45) is 0 Å². The number of benzene rings is 1. The fourth-order valence-corrected chi connectivity index (χ4v) is 3.21. The van der Waals surface area contributed by atoms with Crippen LogP contribution in [0.5, 0.6) is 0 Å². The summed E-state index contributed by atoms with van der Waals surface area (Å²) in [4.78, 5) is 31.2. The summed E-state index contributed by atoms with van der Waals surface area (Å²) in [6.45, 7) is 3.99. The number of nitrogens with one attached hydrogen (secondary N) is 1. The summed E-state index contributed by atoms with van der Waals surface area (Å²) in [5.74, 6) is -0.350. The summed E-state index contributed by atoms with van der Waals surface area (Å²) in [5, 5.41) is 2.87. The fourth-order valence-electron chi connectivity index (χ4n) is 3.21. The molecule has 1 aliphatic rings. The van der Waals surface area contributed by atoms with E-state index < -0.39 is 0 Å². The number of aromatic nitrogens is 1. The van der Waals surface area contributed by atoms with Crippen molar-refractivity contribution in [1.82, 2.24) is 15.2 Å². The molecule has 136 valence electrons. The Hall–Kier alpha value is -2.69. The molecule has 2 aromatic rings. The van der Waals surface area contributed by atoms with Gasteiger partial charge in [-0.15, -0.1) is 0 Å². The Kier molecular flexibility index (Phi) is 6.00. The zero-order valence-electron chi connectivity index (χ0n) is 15.2. The number of hydrogen-bond donors (Lipinski definition) is 1. The predicted molar refractivity (Wildman–Crippen MR) is 101 cm³/mol. The maximum Gasteiger partial charge on any atom is 0.272 e. The number of rotatable bonds is 4. The molecule has 1 saturated heterocycles. The monoisotopic (exact) mass is 351 g/mol. The van der Waals surface area contributed by atoms with Gasteiger partial charge in [0.15, 0.2) is 0 Å². The first-order valence-corrected chi connectivity index (χ1v) is 9.23. The van der Waals surface area contributed by atoms with Gasteiger partial charge in [-0.05, 0) is 37.5 Å². The van der Waals surface area contributed by atoms with E-state index in [1.807, 2.05) is 36.1 Å². The molecular formula is C21H25N3O2. The summed E-state index contributed by atoms with van der Waals surface area (Å²) < 4.78 is 0. The highest BCUT2D eigenvalue weighted by molar-refractivity contribution is 5.96. The van der Waals surface area contributed by atoms with E-state index in [1.165, 1.54) is 12.8 Å². The van der Waals surface area contributed by atoms with E-state index >= 15 is 0 Å². The molecule has 0 saturated carbocycles. The van der Waals surface area contributed by atoms with Crippen molar-refractivity contribution in [3.05, 3.63) is 65.0 Å². The molecule has 0 radical (unpaired) electrons. The predicted octanol–water partition coefficient (Wildman–Crippen LogP) is 3.34. The lowest BCUT2D eigenvalue weighted by molar-refractivity contribution is 0.0755. The first-order chi connectivity index (χ1) is 12.6. The lowest BCUT2D eigenvalue weighted by Gasteiger charge is -2.19. The minimum atomic E-state index is -0.267. The van der Waals surface area contributed by atoms with Crippen LogP contribution in [0, 0.1) is 6.92 Å². The van der Waals surface area contributed by atoms with Crippen LogP contribution in [0.3, 0.4) is 0 Å². The Morgan fingerprint density at radius 2 is 1.69 bits per heavy atom. The lowest BCUT2D eigenvalue weighted by Crippen LogP contribution is -2.33. The molecule has 1 N–H and O–H groups in total. The van der Waals surface area contributed by atoms with Crippen molar-refractivity contribution in [1.29, 1.82) is 0 Å². The average Bonchev–Trinajstić information content (AvgIpc) is 2.95. The van der Waals surface area contributed by atoms with Gasteiger partial charge in [0.2, 0.25) is 0 Å². The van der Waals surface area contributed by atoms with E-state index in [2.05, 4.69) is 10.3 Å². The number of carbonyl (C=O) groups excluding carboxylic acids is 2. The van der Waals surface area contributed by atoms with Gasteiger partial charge in [0, 0.05) is 19.6 Å². The van der Waals surface area contributed by atoms with E-state index in [9.17, 15) is 9.59 Å². The molecule has 1 aliphatic heterocycles. The molecular weight excluding hydrogens is 326 g/mol. The van der Waals surface area contributed by atoms with Gasteiger partial charge in [0.1, 0.15) is 11.4 Å². The molecule has 1 aromatic carbocycles. The van der Waals surface area contributed by atoms with E-state index in [1.54, 1.807) is 18.2 Å². The SMILES string of the molecule is Cc1cccc(CNC(=O)c2cccc(C(=O)N3CCCCCC3)n2)c1. The Morgan fingerprint density at radius 1 is 1.00 bits per heavy atom. The second-order valence-corrected chi connectivity index (χ2v) is 6.79. The third kappa shape index (κ3) is 4.69. The van der Waals surface area contributed by atoms with Gasteiger partial charge in [-0.3, -0.25) is 9.59 Å². The molecule has 1 fully saturated rings. The van der Waals surface area contributed by atoms with Crippen LogP contribution in [0.25, 0.3) is 0 Å². The molecule has 3 rings (SSSR count). The van der Waals surface area contributed by atoms with Crippen molar-refractivity contribution in [3.8, 4) is 0 Å². The highest BCUT2D eigenvalue weighted by atomic mass is 16.2. The van der Waals surface area contributed by atoms with Crippen LogP contribution in [0.15, 0.2) is 42.5 Å². The number of pyridine rings is 1. The minimum absolute atomic E-state index is 0.0831. The quantitative estimate of drug-likeness (QED) is 0.919. The number of aryl methyl sites for hydroxylation is 1. The molecule has 5 nitrogen and oxygen atoms in total. The first-order valence-electron chi connectivity index (χ1n) is 9.23. The summed E-state index contributed by atoms with van der Waals surface area (Å²) in [6, 6.07) is 13.0. The van der Waals surface area contributed by atoms with Crippen LogP contribution < -0.4 is 5.32 Å². The van der Waals surface area contributed by atoms with Gasteiger partial charge in [0.05, 0.1) is 0 Å². The second-order valence-electron chi connectivity index (χ2n) is 6.79. The van der Waals surface area contributed by atoms with Crippen molar-refractivity contribution in [3.63, 3.8) is 0 Å². The summed E-state index contributed by atoms with van der Waals surface area (Å²) in [5.41, 5.74) is 2.81. The van der Waals surface area contributed by atoms with Crippen molar-refractivity contribution < 1.29 is 9.59 Å². The van der Waals surface area contributed by atoms with E-state index in [4.69, 9.17) is 0 Å². The minimum Gasteiger partial charge on any atom is -0.347 e. The highest BCUT2D eigenvalue weighted by Crippen LogP contribution is 2.13. The maximum atomic E-state index is 12.7. The Bertz CT molecular complexity index is 780. The third-order valence-corrected chi connectivity index (χ3v) is 4.63. The Balaban J connectivity index is 1.66. The van der Waals surface area contributed by atoms with Gasteiger partial charge in [0.25, 0.3) is 11.8 Å². The van der Waals surface area contributed by atoms with Gasteiger partial charge in [-0.2, -0.15) is 0 Å². The fraction of sp³-hybridized carbons (Fsp3) is 0.381. The van der Waals surface area contributed by atoms with Crippen LogP contribution >= 0.6 is 0 Å². The van der Waals surface area contributed by atoms with Gasteiger partial charge >= 0.3 is 0 Å². The smallest absolute Gasteiger partial charge is 0.272 e. The van der Waals surface area contributed by atoms with Crippen LogP contribution in [0.1, 0.15) is 57.8 Å². The molecule has 1 aromatic heterocycles. The van der Waals surface area contributed by atoms with Gasteiger partial charge in [-0.25, -0.2) is 4.98 Å². The maximum absolute atomic E-state index is 12.7. The lowest BCUT2D eigenvalue weighted by atomic mass is 10.1. The molecule has 0 atom stereocenters. The molecule has 0 aliphatic carbocycles. The standard InChI is InChI=1S/C21H25N3O2/c1-16-8-6-9-17(14-16)15-22-20(25)18-10-7-11-19(23-18)21(26)24-12-4-2-3-5-13-24/h6-11,14H,2-5,12-13,15H2,1H3,(H,22,25). The molecule has 2 heterocycles. The number of likely N-dealkylation sites (tertiary alicyclic amines) is 1. The van der Waals surface area contributed by atoms with Crippen LogP contribution in [0.2, 0.25) is 0 Å². The molecule has 0 bridgehead atoms. The van der Waals surface area contributed by atoms with E-state index in [-0.39, 0.29) is 17.5 Å². The van der Waals surface area contributed by atoms with Crippen molar-refractivity contribution in [2.45, 2.75) is 39.2 Å². The third-order valence-electron chi connectivity index (χ3n) is 4.63. The molecule has 0 unspecified atom stereocenters. The van der Waals surface area contributed by atoms with Gasteiger partial charge in [-0.1, -0.05) is 48.7 Å². The molecule has 0 spiro atoms. The molecule has 5 heteroatoms. The zero-order valence-corrected chi connectivity index (χ0v) is 15.2. The van der Waals surface area contributed by atoms with Crippen LogP contribution in [-0.2, 0) is 6.54 Å². The van der Waals surface area contributed by atoms with E-state index in [0.29, 0.717) is 12.2 Å². The topological polar surface area (TPSA) is 62.3 Å². The number of nitrogens with zero attached hydrogens (tertiary/aromatic N) is 2. The van der Waals surface area contributed by atoms with Crippen molar-refractivity contribution >= 4 is 11.8 Å². The van der Waals surface area contributed by atoms with Crippen LogP contribution in [0.4, 0.5) is 0 Å². The first kappa shape index (κ1) is 18.1. The number of hydrogen-bond acceptors (Lipinski definition) is 3. The Morgan fingerprint density at radius 3 is 2.42 bits per heavy atom. The second kappa shape index (κ2) is 8.61. The summed E-state index contributed by atoms with van der Waals surface area (Å²) in [7, 11) is 0. The number of amides is 2. The number of carbonyl (C=O) groups is 2. The molecule has 2 amide bonds. The zero-order chi connectivity index (χ0) is 18.4. The molecule has 26 heavy (non-hydrogen) atoms. The largest absolute Gasteiger partial charge is 0.347 e. The Labute approximate surface area is 154 Å².